The predicted octanol–water partition coefficient (Wildman–Crippen LogP) is 7.57. The van der Waals surface area contributed by atoms with E-state index in [0.29, 0.717) is 35.8 Å². The van der Waals surface area contributed by atoms with Gasteiger partial charge in [0.05, 0.1) is 12.1 Å². The van der Waals surface area contributed by atoms with Gasteiger partial charge in [0, 0.05) is 11.1 Å². The Morgan fingerprint density at radius 1 is 1.09 bits per heavy atom. The molecule has 0 spiro atoms. The van der Waals surface area contributed by atoms with Gasteiger partial charge in [-0.25, -0.2) is 4.79 Å². The Bertz CT molecular complexity index is 705. The molecular formula is C26H45ClO4Si. The van der Waals surface area contributed by atoms with Gasteiger partial charge in [-0.05, 0) is 63.2 Å². The minimum absolute atomic E-state index is 0.155. The molecule has 2 unspecified atom stereocenters. The normalized spacial score (nSPS) is 21.7. The highest BCUT2D eigenvalue weighted by Crippen LogP contribution is 2.44. The Morgan fingerprint density at radius 3 is 2.28 bits per heavy atom. The first-order valence-corrected chi connectivity index (χ1v) is 16.1. The van der Waals surface area contributed by atoms with Crippen molar-refractivity contribution < 1.29 is 18.8 Å². The van der Waals surface area contributed by atoms with Gasteiger partial charge in [-0.15, -0.1) is 0 Å². The van der Waals surface area contributed by atoms with Crippen molar-refractivity contribution in [3.8, 4) is 0 Å². The number of carbonyl (C=O) groups excluding carboxylic acids is 2. The molecular weight excluding hydrogens is 440 g/mol. The maximum atomic E-state index is 13.3. The van der Waals surface area contributed by atoms with Crippen LogP contribution in [-0.2, 0) is 18.8 Å². The number of ketones is 1. The third kappa shape index (κ3) is 8.79. The Balaban J connectivity index is 3.36. The van der Waals surface area contributed by atoms with Crippen LogP contribution in [0.4, 0.5) is 0 Å². The fraction of sp³-hybridized carbons (Fsp3) is 0.769. The van der Waals surface area contributed by atoms with Crippen LogP contribution in [0.1, 0.15) is 85.5 Å². The molecule has 1 aliphatic carbocycles. The second-order valence-electron chi connectivity index (χ2n) is 10.7. The van der Waals surface area contributed by atoms with E-state index in [-0.39, 0.29) is 10.8 Å². The summed E-state index contributed by atoms with van der Waals surface area (Å²) in [6, 6.07) is 0. The summed E-state index contributed by atoms with van der Waals surface area (Å²) in [5, 5.41) is 0.155. The Hall–Kier alpha value is -0.913. The average Bonchev–Trinajstić information content (AvgIpc) is 2.91. The molecule has 0 radical (unpaired) electrons. The number of Topliss-reactive ketones (excluding diaryl/α,β-unsaturated/α-hetero) is 1. The highest BCUT2D eigenvalue weighted by molar-refractivity contribution is 6.70. The number of ether oxygens (including phenoxy) is 1. The number of hydrogen-bond acceptors (Lipinski definition) is 4. The molecule has 0 aromatic rings. The minimum atomic E-state index is -2.08. The average molecular weight is 485 g/mol. The van der Waals surface area contributed by atoms with Crippen molar-refractivity contribution in [3.63, 3.8) is 0 Å². The summed E-state index contributed by atoms with van der Waals surface area (Å²) in [6.07, 6.45) is 10.2. The van der Waals surface area contributed by atoms with E-state index in [1.165, 1.54) is 20.0 Å². The maximum Gasteiger partial charge on any atom is 0.334 e. The molecule has 32 heavy (non-hydrogen) atoms. The van der Waals surface area contributed by atoms with Gasteiger partial charge in [-0.2, -0.15) is 0 Å². The fourth-order valence-electron chi connectivity index (χ4n) is 4.41. The van der Waals surface area contributed by atoms with Crippen LogP contribution in [0.2, 0.25) is 19.6 Å². The first-order valence-electron chi connectivity index (χ1n) is 12.3. The number of halogens is 1. The Morgan fingerprint density at radius 2 is 1.75 bits per heavy atom. The largest absolute Gasteiger partial charge is 0.466 e. The van der Waals surface area contributed by atoms with E-state index in [1.54, 1.807) is 6.08 Å². The summed E-state index contributed by atoms with van der Waals surface area (Å²) >= 11 is 6.42. The zero-order valence-electron chi connectivity index (χ0n) is 21.6. The molecule has 0 amide bonds. The fourth-order valence-corrected chi connectivity index (χ4v) is 6.03. The minimum Gasteiger partial charge on any atom is -0.466 e. The van der Waals surface area contributed by atoms with Crippen molar-refractivity contribution in [1.29, 1.82) is 0 Å². The summed E-state index contributed by atoms with van der Waals surface area (Å²) in [5.74, 6) is 0.479. The standard InChI is InChI=1S/C26H45ClO4Si/c1-9-10-11-15-21(25(29)30-5)23-24(28)22(27)18-26(23,31-32(6,7)8)17-16-20(4)14-12-13-19(2)3/h18-20H,9-17H2,1-8H3. The highest BCUT2D eigenvalue weighted by atomic mass is 35.5. The molecule has 0 heterocycles. The molecule has 0 N–H and O–H groups in total. The molecule has 0 bridgehead atoms. The maximum absolute atomic E-state index is 13.3. The van der Waals surface area contributed by atoms with Gasteiger partial charge in [0.2, 0.25) is 5.78 Å². The number of carbonyl (C=O) groups is 2. The molecule has 184 valence electrons. The molecule has 2 atom stereocenters. The van der Waals surface area contributed by atoms with Gasteiger partial charge in [0.25, 0.3) is 0 Å². The Kier molecular flexibility index (Phi) is 11.9. The summed E-state index contributed by atoms with van der Waals surface area (Å²) in [6.45, 7) is 15.2. The summed E-state index contributed by atoms with van der Waals surface area (Å²) in [5.41, 5.74) is -0.0912. The third-order valence-corrected chi connectivity index (χ3v) is 7.22. The lowest BCUT2D eigenvalue weighted by Gasteiger charge is -2.37. The number of esters is 1. The molecule has 0 aromatic heterocycles. The van der Waals surface area contributed by atoms with Crippen LogP contribution in [0.25, 0.3) is 0 Å². The van der Waals surface area contributed by atoms with Crippen molar-refractivity contribution in [2.45, 2.75) is 111 Å². The molecule has 0 saturated heterocycles. The smallest absolute Gasteiger partial charge is 0.334 e. The van der Waals surface area contributed by atoms with E-state index in [1.807, 2.05) is 0 Å². The van der Waals surface area contributed by atoms with Crippen molar-refractivity contribution in [3.05, 3.63) is 22.3 Å². The summed E-state index contributed by atoms with van der Waals surface area (Å²) < 4.78 is 11.8. The number of hydrogen-bond donors (Lipinski definition) is 0. The monoisotopic (exact) mass is 484 g/mol. The summed E-state index contributed by atoms with van der Waals surface area (Å²) in [4.78, 5) is 26.1. The number of unbranched alkanes of at least 4 members (excludes halogenated alkanes) is 2. The van der Waals surface area contributed by atoms with Gasteiger partial charge in [-0.3, -0.25) is 4.79 Å². The van der Waals surface area contributed by atoms with Crippen molar-refractivity contribution in [2.75, 3.05) is 7.11 Å². The van der Waals surface area contributed by atoms with Crippen molar-refractivity contribution in [1.82, 2.24) is 0 Å². The lowest BCUT2D eigenvalue weighted by atomic mass is 9.83. The Labute approximate surface area is 202 Å². The lowest BCUT2D eigenvalue weighted by Crippen LogP contribution is -2.43. The second kappa shape index (κ2) is 13.1. The number of allylic oxidation sites excluding steroid dienone is 1. The van der Waals surface area contributed by atoms with E-state index < -0.39 is 19.9 Å². The lowest BCUT2D eigenvalue weighted by molar-refractivity contribution is -0.136. The van der Waals surface area contributed by atoms with Crippen LogP contribution in [0.15, 0.2) is 22.3 Å². The second-order valence-corrected chi connectivity index (χ2v) is 15.5. The van der Waals surface area contributed by atoms with Crippen molar-refractivity contribution in [2.24, 2.45) is 11.8 Å². The first-order chi connectivity index (χ1) is 14.9. The topological polar surface area (TPSA) is 52.6 Å². The van der Waals surface area contributed by atoms with E-state index >= 15 is 0 Å². The van der Waals surface area contributed by atoms with E-state index in [2.05, 4.69) is 47.3 Å². The quantitative estimate of drug-likeness (QED) is 0.110. The van der Waals surface area contributed by atoms with Crippen LogP contribution in [0.3, 0.4) is 0 Å². The zero-order valence-corrected chi connectivity index (χ0v) is 23.4. The van der Waals surface area contributed by atoms with E-state index in [4.69, 9.17) is 20.8 Å². The number of methoxy groups -OCH3 is 1. The van der Waals surface area contributed by atoms with Gasteiger partial charge in [0.1, 0.15) is 5.60 Å². The van der Waals surface area contributed by atoms with Crippen LogP contribution in [0.5, 0.6) is 0 Å². The van der Waals surface area contributed by atoms with Crippen LogP contribution >= 0.6 is 11.6 Å². The molecule has 1 aliphatic rings. The molecule has 0 aliphatic heterocycles. The predicted molar refractivity (Wildman–Crippen MR) is 136 cm³/mol. The molecule has 1 rings (SSSR count). The van der Waals surface area contributed by atoms with Gasteiger partial charge in [0.15, 0.2) is 8.32 Å². The SMILES string of the molecule is CCCCCC(C(=O)OC)=C1C(=O)C(Cl)=CC1(CCC(C)CCCC(C)C)O[Si](C)(C)C. The number of rotatable bonds is 14. The molecule has 0 fully saturated rings. The molecule has 0 aromatic carbocycles. The third-order valence-electron chi connectivity index (χ3n) is 5.97. The van der Waals surface area contributed by atoms with Gasteiger partial charge < -0.3 is 9.16 Å². The molecule has 4 nitrogen and oxygen atoms in total. The van der Waals surface area contributed by atoms with Crippen LogP contribution in [-0.4, -0.2) is 32.8 Å². The zero-order chi connectivity index (χ0) is 24.5. The summed E-state index contributed by atoms with van der Waals surface area (Å²) in [7, 11) is -0.709. The van der Waals surface area contributed by atoms with Crippen LogP contribution in [0, 0.1) is 11.8 Å². The van der Waals surface area contributed by atoms with E-state index in [0.717, 1.165) is 32.1 Å². The van der Waals surface area contributed by atoms with Crippen LogP contribution < -0.4 is 0 Å². The van der Waals surface area contributed by atoms with Gasteiger partial charge >= 0.3 is 5.97 Å². The van der Waals surface area contributed by atoms with E-state index in [9.17, 15) is 9.59 Å². The van der Waals surface area contributed by atoms with Gasteiger partial charge in [-0.1, -0.05) is 71.4 Å². The molecule has 0 saturated carbocycles. The first kappa shape index (κ1) is 29.1. The highest BCUT2D eigenvalue weighted by Gasteiger charge is 2.48. The van der Waals surface area contributed by atoms with Crippen molar-refractivity contribution >= 4 is 31.7 Å². The molecule has 6 heteroatoms.